The Morgan fingerprint density at radius 2 is 1.69 bits per heavy atom. The molecule has 0 saturated heterocycles. The number of hydrogen-bond acceptors (Lipinski definition) is 2. The van der Waals surface area contributed by atoms with Crippen LogP contribution in [0.4, 0.5) is 13.2 Å². The molecule has 0 aliphatic carbocycles. The fourth-order valence-electron chi connectivity index (χ4n) is 0.659. The predicted molar refractivity (Wildman–Crippen MR) is 32.6 cm³/mol. The van der Waals surface area contributed by atoms with Gasteiger partial charge in [-0.2, -0.15) is 0 Å². The van der Waals surface area contributed by atoms with Crippen LogP contribution in [0.3, 0.4) is 0 Å². The summed E-state index contributed by atoms with van der Waals surface area (Å²) >= 11 is 0. The molecule has 66 valence electrons. The Labute approximate surface area is 94.6 Å². The van der Waals surface area contributed by atoms with E-state index in [1.807, 2.05) is 0 Å². The van der Waals surface area contributed by atoms with E-state index in [1.165, 1.54) is 12.1 Å². The van der Waals surface area contributed by atoms with Gasteiger partial charge in [0.05, 0.1) is 0 Å². The number of rotatable bonds is 1. The molecule has 0 aliphatic heterocycles. The summed E-state index contributed by atoms with van der Waals surface area (Å²) in [7, 11) is 0. The summed E-state index contributed by atoms with van der Waals surface area (Å²) in [5, 5.41) is 10.7. The summed E-state index contributed by atoms with van der Waals surface area (Å²) in [4.78, 5) is 0. The van der Waals surface area contributed by atoms with Crippen LogP contribution in [0.2, 0.25) is 0 Å². The molecule has 0 heterocycles. The van der Waals surface area contributed by atoms with Crippen molar-refractivity contribution < 1.29 is 52.6 Å². The number of ether oxygens (including phenoxy) is 1. The van der Waals surface area contributed by atoms with Crippen molar-refractivity contribution in [1.29, 1.82) is 0 Å². The van der Waals surface area contributed by atoms with Gasteiger partial charge in [0, 0.05) is 0 Å². The van der Waals surface area contributed by atoms with E-state index in [-0.39, 0.29) is 29.6 Å². The minimum Gasteiger partial charge on any atom is -0.870 e. The first-order valence-corrected chi connectivity index (χ1v) is 3.01. The molecule has 0 bridgehead atoms. The van der Waals surface area contributed by atoms with Gasteiger partial charge in [0.25, 0.3) is 0 Å². The summed E-state index contributed by atoms with van der Waals surface area (Å²) < 4.78 is 38.1. The molecule has 0 atom stereocenters. The van der Waals surface area contributed by atoms with Crippen molar-refractivity contribution >= 4 is 0 Å². The molecule has 1 aromatic rings. The minimum atomic E-state index is -4.81. The van der Waals surface area contributed by atoms with Crippen LogP contribution in [0.5, 0.6) is 11.5 Å². The van der Waals surface area contributed by atoms with Gasteiger partial charge in [-0.3, -0.25) is 0 Å². The Hall–Kier alpha value is -0.390. The molecule has 0 fully saturated rings. The van der Waals surface area contributed by atoms with E-state index in [4.69, 9.17) is 0 Å². The molecule has 0 N–H and O–H groups in total. The van der Waals surface area contributed by atoms with Crippen LogP contribution in [0, 0.1) is 0 Å². The van der Waals surface area contributed by atoms with E-state index in [0.29, 0.717) is 0 Å². The maximum atomic E-state index is 11.6. The Morgan fingerprint density at radius 3 is 2.15 bits per heavy atom. The molecular formula is C7H4F3NaO2. The third-order valence-electron chi connectivity index (χ3n) is 1.07. The molecule has 0 saturated carbocycles. The van der Waals surface area contributed by atoms with E-state index in [2.05, 4.69) is 4.74 Å². The van der Waals surface area contributed by atoms with E-state index >= 15 is 0 Å². The zero-order valence-electron chi connectivity index (χ0n) is 6.76. The molecule has 6 heteroatoms. The second-order valence-corrected chi connectivity index (χ2v) is 1.99. The van der Waals surface area contributed by atoms with Crippen molar-refractivity contribution in [2.45, 2.75) is 6.36 Å². The molecule has 0 aromatic heterocycles. The molecule has 2 nitrogen and oxygen atoms in total. The van der Waals surface area contributed by atoms with Crippen molar-refractivity contribution in [3.8, 4) is 11.5 Å². The number of alkyl halides is 3. The van der Waals surface area contributed by atoms with Crippen LogP contribution in [0.1, 0.15) is 0 Å². The Bertz CT molecular complexity index is 275. The maximum absolute atomic E-state index is 11.6. The maximum Gasteiger partial charge on any atom is 1.00 e. The minimum absolute atomic E-state index is 0. The third-order valence-corrected chi connectivity index (χ3v) is 1.07. The van der Waals surface area contributed by atoms with Gasteiger partial charge in [0.1, 0.15) is 5.75 Å². The summed E-state index contributed by atoms with van der Waals surface area (Å²) in [5.74, 6) is -1.49. The van der Waals surface area contributed by atoms with Crippen LogP contribution in [-0.2, 0) is 0 Å². The SMILES string of the molecule is [Na+].[O-]c1ccccc1OC(F)(F)F. The number of hydrogen-bond donors (Lipinski definition) is 0. The van der Waals surface area contributed by atoms with Gasteiger partial charge in [0.2, 0.25) is 0 Å². The summed E-state index contributed by atoms with van der Waals surface area (Å²) in [6.45, 7) is 0. The monoisotopic (exact) mass is 200 g/mol. The topological polar surface area (TPSA) is 32.3 Å². The predicted octanol–water partition coefficient (Wildman–Crippen LogP) is -1.34. The van der Waals surface area contributed by atoms with Crippen LogP contribution < -0.4 is 39.4 Å². The van der Waals surface area contributed by atoms with Gasteiger partial charge in [-0.05, 0) is 6.07 Å². The largest absolute Gasteiger partial charge is 1.00 e. The quantitative estimate of drug-likeness (QED) is 0.526. The average Bonchev–Trinajstić information content (AvgIpc) is 1.91. The second kappa shape index (κ2) is 4.74. The summed E-state index contributed by atoms with van der Waals surface area (Å²) in [6.07, 6.45) is -4.81. The second-order valence-electron chi connectivity index (χ2n) is 1.99. The van der Waals surface area contributed by atoms with Crippen LogP contribution in [0.15, 0.2) is 24.3 Å². The van der Waals surface area contributed by atoms with Crippen LogP contribution in [0.25, 0.3) is 0 Å². The first kappa shape index (κ1) is 12.6. The van der Waals surface area contributed by atoms with E-state index in [0.717, 1.165) is 12.1 Å². The van der Waals surface area contributed by atoms with Crippen molar-refractivity contribution in [3.05, 3.63) is 24.3 Å². The van der Waals surface area contributed by atoms with Gasteiger partial charge >= 0.3 is 35.9 Å². The summed E-state index contributed by atoms with van der Waals surface area (Å²) in [6, 6.07) is 4.60. The Kier molecular flexibility index (Phi) is 4.60. The van der Waals surface area contributed by atoms with Gasteiger partial charge < -0.3 is 9.84 Å². The molecule has 0 unspecified atom stereocenters. The van der Waals surface area contributed by atoms with Crippen molar-refractivity contribution in [1.82, 2.24) is 0 Å². The number of benzene rings is 1. The molecule has 13 heavy (non-hydrogen) atoms. The third kappa shape index (κ3) is 4.40. The molecule has 0 amide bonds. The standard InChI is InChI=1S/C7H5F3O2.Na/c8-7(9,10)12-6-4-2-1-3-5(6)11;/h1-4,11H;/q;+1/p-1. The van der Waals surface area contributed by atoms with Gasteiger partial charge in [-0.25, -0.2) is 0 Å². The fraction of sp³-hybridized carbons (Fsp3) is 0.143. The van der Waals surface area contributed by atoms with Gasteiger partial charge in [-0.15, -0.1) is 13.2 Å². The van der Waals surface area contributed by atoms with Gasteiger partial charge in [0.15, 0.2) is 0 Å². The van der Waals surface area contributed by atoms with Crippen molar-refractivity contribution in [2.75, 3.05) is 0 Å². The van der Waals surface area contributed by atoms with E-state index in [1.54, 1.807) is 0 Å². The molecule has 0 radical (unpaired) electrons. The van der Waals surface area contributed by atoms with Gasteiger partial charge in [-0.1, -0.05) is 23.9 Å². The first-order valence-electron chi connectivity index (χ1n) is 3.01. The van der Waals surface area contributed by atoms with Crippen molar-refractivity contribution in [2.24, 2.45) is 0 Å². The molecule has 0 aliphatic rings. The van der Waals surface area contributed by atoms with Crippen LogP contribution >= 0.6 is 0 Å². The molecule has 0 spiro atoms. The average molecular weight is 200 g/mol. The van der Waals surface area contributed by atoms with E-state index < -0.39 is 17.9 Å². The number of halogens is 3. The van der Waals surface area contributed by atoms with Crippen molar-refractivity contribution in [3.63, 3.8) is 0 Å². The summed E-state index contributed by atoms with van der Waals surface area (Å²) in [5.41, 5.74) is 0. The van der Waals surface area contributed by atoms with Crippen LogP contribution in [-0.4, -0.2) is 6.36 Å². The zero-order valence-corrected chi connectivity index (χ0v) is 8.76. The Morgan fingerprint density at radius 1 is 1.15 bits per heavy atom. The smallest absolute Gasteiger partial charge is 0.870 e. The fourth-order valence-corrected chi connectivity index (χ4v) is 0.659. The zero-order chi connectivity index (χ0) is 9.19. The van der Waals surface area contributed by atoms with E-state index in [9.17, 15) is 18.3 Å². The normalized spacial score (nSPS) is 10.4. The molecular weight excluding hydrogens is 196 g/mol. The Balaban J connectivity index is 0.00000144. The first-order chi connectivity index (χ1) is 5.49. The molecule has 1 rings (SSSR count). The number of para-hydroxylation sites is 2. The molecule has 1 aromatic carbocycles.